The van der Waals surface area contributed by atoms with E-state index in [9.17, 15) is 22.7 Å². The van der Waals surface area contributed by atoms with Gasteiger partial charge in [0.05, 0.1) is 35.2 Å². The van der Waals surface area contributed by atoms with Gasteiger partial charge >= 0.3 is 5.97 Å². The lowest BCUT2D eigenvalue weighted by Crippen LogP contribution is -2.29. The maximum absolute atomic E-state index is 13.8. The van der Waals surface area contributed by atoms with Gasteiger partial charge in [-0.2, -0.15) is 9.40 Å². The number of hydrogen-bond acceptors (Lipinski definition) is 5. The molecule has 0 aliphatic carbocycles. The summed E-state index contributed by atoms with van der Waals surface area (Å²) in [5.41, 5.74) is 0.840. The molecule has 0 unspecified atom stereocenters. The number of sulfonamides is 1. The van der Waals surface area contributed by atoms with Crippen LogP contribution >= 0.6 is 0 Å². The fraction of sp³-hybridized carbons (Fsp3) is 0.364. The number of carbonyl (C=O) groups is 1. The second-order valence-corrected chi connectivity index (χ2v) is 9.83. The third kappa shape index (κ3) is 4.07. The summed E-state index contributed by atoms with van der Waals surface area (Å²) in [4.78, 5) is 11.4. The zero-order valence-electron chi connectivity index (χ0n) is 17.7. The Balaban J connectivity index is 1.66. The number of carboxylic acid groups (broad SMARTS) is 1. The van der Waals surface area contributed by atoms with Gasteiger partial charge in [0.25, 0.3) is 0 Å². The van der Waals surface area contributed by atoms with Gasteiger partial charge in [-0.3, -0.25) is 9.48 Å². The van der Waals surface area contributed by atoms with Crippen molar-refractivity contribution in [1.82, 2.24) is 14.1 Å². The van der Waals surface area contributed by atoms with Crippen LogP contribution in [0.3, 0.4) is 0 Å². The molecule has 0 spiro atoms. The van der Waals surface area contributed by atoms with E-state index in [2.05, 4.69) is 5.10 Å². The van der Waals surface area contributed by atoms with Gasteiger partial charge in [-0.05, 0) is 55.3 Å². The van der Waals surface area contributed by atoms with Crippen molar-refractivity contribution in [3.05, 3.63) is 54.0 Å². The van der Waals surface area contributed by atoms with E-state index in [1.165, 1.54) is 28.6 Å². The van der Waals surface area contributed by atoms with E-state index in [1.807, 2.05) is 13.8 Å². The summed E-state index contributed by atoms with van der Waals surface area (Å²) in [5, 5.41) is 14.1. The van der Waals surface area contributed by atoms with Crippen molar-refractivity contribution >= 4 is 26.9 Å². The first-order valence-corrected chi connectivity index (χ1v) is 11.8. The minimum absolute atomic E-state index is 0.0849. The number of rotatable bonds is 7. The highest BCUT2D eigenvalue weighted by Crippen LogP contribution is 2.35. The van der Waals surface area contributed by atoms with Crippen LogP contribution in [0.4, 0.5) is 4.39 Å². The fourth-order valence-corrected chi connectivity index (χ4v) is 5.71. The summed E-state index contributed by atoms with van der Waals surface area (Å²) in [6.45, 7) is 4.73. The lowest BCUT2D eigenvalue weighted by atomic mass is 10.1. The molecule has 0 amide bonds. The quantitative estimate of drug-likeness (QED) is 0.580. The van der Waals surface area contributed by atoms with Gasteiger partial charge in [-0.25, -0.2) is 12.8 Å². The molecule has 3 aromatic rings. The highest BCUT2D eigenvalue weighted by atomic mass is 32.2. The number of aromatic nitrogens is 2. The predicted molar refractivity (Wildman–Crippen MR) is 116 cm³/mol. The Morgan fingerprint density at radius 1 is 1.22 bits per heavy atom. The SMILES string of the molecule is CCOc1ccc(S(=O)(=O)N2C[C@@H](C)[C@@H](n3nc(CC(=O)O)c4cc(F)ccc43)C2)cc1. The lowest BCUT2D eigenvalue weighted by Gasteiger charge is -2.18. The predicted octanol–water partition coefficient (Wildman–Crippen LogP) is 3.08. The molecule has 1 aromatic heterocycles. The van der Waals surface area contributed by atoms with Crippen LogP contribution in [0.1, 0.15) is 25.6 Å². The Bertz CT molecular complexity index is 1260. The van der Waals surface area contributed by atoms with Crippen molar-refractivity contribution in [3.8, 4) is 5.75 Å². The molecule has 2 aromatic carbocycles. The van der Waals surface area contributed by atoms with Crippen LogP contribution in [0, 0.1) is 11.7 Å². The van der Waals surface area contributed by atoms with Gasteiger partial charge in [0, 0.05) is 18.5 Å². The maximum atomic E-state index is 13.8. The minimum Gasteiger partial charge on any atom is -0.494 e. The summed E-state index contributed by atoms with van der Waals surface area (Å²) >= 11 is 0. The van der Waals surface area contributed by atoms with Crippen molar-refractivity contribution in [1.29, 1.82) is 0 Å². The molecule has 1 aliphatic rings. The van der Waals surface area contributed by atoms with Crippen molar-refractivity contribution in [2.75, 3.05) is 19.7 Å². The molecule has 0 radical (unpaired) electrons. The molecule has 170 valence electrons. The summed E-state index contributed by atoms with van der Waals surface area (Å²) in [5.74, 6) is -1.04. The average Bonchev–Trinajstić information content (AvgIpc) is 3.29. The molecule has 8 nitrogen and oxygen atoms in total. The number of ether oxygens (including phenoxy) is 1. The Morgan fingerprint density at radius 3 is 2.59 bits per heavy atom. The first-order chi connectivity index (χ1) is 15.2. The Labute approximate surface area is 185 Å². The Kier molecular flexibility index (Phi) is 5.91. The Morgan fingerprint density at radius 2 is 1.94 bits per heavy atom. The molecular formula is C22H24FN3O5S. The van der Waals surface area contributed by atoms with E-state index < -0.39 is 21.8 Å². The molecule has 1 N–H and O–H groups in total. The lowest BCUT2D eigenvalue weighted by molar-refractivity contribution is -0.136. The zero-order valence-corrected chi connectivity index (χ0v) is 18.5. The number of hydrogen-bond donors (Lipinski definition) is 1. The van der Waals surface area contributed by atoms with Gasteiger partial charge in [0.1, 0.15) is 11.6 Å². The van der Waals surface area contributed by atoms with Crippen LogP contribution in [0.5, 0.6) is 5.75 Å². The van der Waals surface area contributed by atoms with E-state index in [0.29, 0.717) is 23.3 Å². The number of carboxylic acids is 1. The van der Waals surface area contributed by atoms with Crippen molar-refractivity contribution in [3.63, 3.8) is 0 Å². The minimum atomic E-state index is -3.73. The first-order valence-electron chi connectivity index (χ1n) is 10.3. The first kappa shape index (κ1) is 22.2. The molecular weight excluding hydrogens is 437 g/mol. The van der Waals surface area contributed by atoms with E-state index in [0.717, 1.165) is 0 Å². The van der Waals surface area contributed by atoms with Crippen molar-refractivity contribution < 1.29 is 27.4 Å². The Hall–Kier alpha value is -2.98. The number of nitrogens with zero attached hydrogens (tertiary/aromatic N) is 3. The largest absolute Gasteiger partial charge is 0.494 e. The number of halogens is 1. The van der Waals surface area contributed by atoms with Crippen LogP contribution in [0.25, 0.3) is 10.9 Å². The number of fused-ring (bicyclic) bond motifs is 1. The molecule has 2 atom stereocenters. The average molecular weight is 462 g/mol. The summed E-state index contributed by atoms with van der Waals surface area (Å²) in [6, 6.07) is 10.1. The van der Waals surface area contributed by atoms with Gasteiger partial charge in [-0.1, -0.05) is 6.92 Å². The van der Waals surface area contributed by atoms with E-state index in [-0.39, 0.29) is 42.1 Å². The van der Waals surface area contributed by atoms with Crippen molar-refractivity contribution in [2.24, 2.45) is 5.92 Å². The molecule has 10 heteroatoms. The number of aliphatic carboxylic acids is 1. The molecule has 32 heavy (non-hydrogen) atoms. The summed E-state index contributed by atoms with van der Waals surface area (Å²) < 4.78 is 48.7. The maximum Gasteiger partial charge on any atom is 0.309 e. The van der Waals surface area contributed by atoms with Crippen LogP contribution in [0.2, 0.25) is 0 Å². The van der Waals surface area contributed by atoms with Crippen LogP contribution in [0.15, 0.2) is 47.4 Å². The van der Waals surface area contributed by atoms with E-state index >= 15 is 0 Å². The topological polar surface area (TPSA) is 102 Å². The zero-order chi connectivity index (χ0) is 23.0. The van der Waals surface area contributed by atoms with Gasteiger partial charge < -0.3 is 9.84 Å². The molecule has 1 fully saturated rings. The molecule has 0 saturated carbocycles. The summed E-state index contributed by atoms with van der Waals surface area (Å²) in [6.07, 6.45) is -0.345. The molecule has 1 aliphatic heterocycles. The van der Waals surface area contributed by atoms with E-state index in [1.54, 1.807) is 22.9 Å². The number of benzene rings is 2. The molecule has 2 heterocycles. The smallest absolute Gasteiger partial charge is 0.309 e. The third-order valence-electron chi connectivity index (χ3n) is 5.69. The van der Waals surface area contributed by atoms with Crippen LogP contribution in [-0.4, -0.2) is 53.3 Å². The van der Waals surface area contributed by atoms with Gasteiger partial charge in [0.2, 0.25) is 10.0 Å². The highest BCUT2D eigenvalue weighted by molar-refractivity contribution is 7.89. The van der Waals surface area contributed by atoms with Crippen molar-refractivity contribution in [2.45, 2.75) is 31.2 Å². The summed E-state index contributed by atoms with van der Waals surface area (Å²) in [7, 11) is -3.73. The monoisotopic (exact) mass is 461 g/mol. The third-order valence-corrected chi connectivity index (χ3v) is 7.54. The van der Waals surface area contributed by atoms with Crippen LogP contribution < -0.4 is 4.74 Å². The molecule has 4 rings (SSSR count). The fourth-order valence-electron chi connectivity index (χ4n) is 4.15. The second-order valence-electron chi connectivity index (χ2n) is 7.89. The normalized spacial score (nSPS) is 19.5. The standard InChI is InChI=1S/C22H24FN3O5S/c1-3-31-16-5-7-17(8-6-16)32(29,30)25-12-14(2)21(13-25)26-20-9-4-15(23)10-18(20)19(24-26)11-22(27)28/h4-10,14,21H,3,11-13H2,1-2H3,(H,27,28)/t14-,21+/m1/s1. The van der Waals surface area contributed by atoms with Gasteiger partial charge in [-0.15, -0.1) is 0 Å². The van der Waals surface area contributed by atoms with E-state index in [4.69, 9.17) is 4.74 Å². The molecule has 1 saturated heterocycles. The van der Waals surface area contributed by atoms with Crippen LogP contribution in [-0.2, 0) is 21.2 Å². The second kappa shape index (κ2) is 8.51. The van der Waals surface area contributed by atoms with Gasteiger partial charge in [0.15, 0.2) is 0 Å². The highest BCUT2D eigenvalue weighted by Gasteiger charge is 2.39. The molecule has 0 bridgehead atoms.